The Morgan fingerprint density at radius 3 is 1.29 bits per heavy atom. The molecule has 0 aromatic heterocycles. The van der Waals surface area contributed by atoms with Gasteiger partial charge in [-0.1, -0.05) is 72.8 Å². The lowest BCUT2D eigenvalue weighted by Crippen LogP contribution is -2.37. The van der Waals surface area contributed by atoms with Gasteiger partial charge >= 0.3 is 0 Å². The summed E-state index contributed by atoms with van der Waals surface area (Å²) in [6, 6.07) is 39.6. The van der Waals surface area contributed by atoms with Crippen LogP contribution in [0.3, 0.4) is 0 Å². The molecule has 0 spiro atoms. The van der Waals surface area contributed by atoms with Gasteiger partial charge in [0, 0.05) is 22.3 Å². The summed E-state index contributed by atoms with van der Waals surface area (Å²) in [4.78, 5) is 0. The number of ether oxygens (including phenoxy) is 2. The quantitative estimate of drug-likeness (QED) is 0.209. The summed E-state index contributed by atoms with van der Waals surface area (Å²) >= 11 is 0. The maximum atomic E-state index is 5.49. The Morgan fingerprint density at radius 1 is 0.512 bits per heavy atom. The van der Waals surface area contributed by atoms with Crippen LogP contribution in [-0.2, 0) is 13.1 Å². The number of hydrogen-bond acceptors (Lipinski definition) is 2. The van der Waals surface area contributed by atoms with E-state index < -0.39 is 0 Å². The van der Waals surface area contributed by atoms with Gasteiger partial charge in [0.25, 0.3) is 0 Å². The summed E-state index contributed by atoms with van der Waals surface area (Å²) in [5, 5.41) is 5.13. The minimum atomic E-state index is 0.850. The van der Waals surface area contributed by atoms with Crippen LogP contribution in [0, 0.1) is 0 Å². The minimum Gasteiger partial charge on any atom is -0.497 e. The predicted molar refractivity (Wildman–Crippen MR) is 170 cm³/mol. The fraction of sp³-hybridized carbons (Fsp3) is 0.158. The van der Waals surface area contributed by atoms with E-state index in [1.807, 2.05) is 0 Å². The number of benzene rings is 6. The third-order valence-electron chi connectivity index (χ3n) is 8.54. The first-order valence-corrected chi connectivity index (χ1v) is 14.2. The molecule has 1 heterocycles. The van der Waals surface area contributed by atoms with E-state index in [-0.39, 0.29) is 0 Å². The second-order valence-corrected chi connectivity index (χ2v) is 11.7. The largest absolute Gasteiger partial charge is 0.497 e. The lowest BCUT2D eigenvalue weighted by atomic mass is 9.82. The van der Waals surface area contributed by atoms with Gasteiger partial charge in [-0.2, -0.15) is 0 Å². The first-order valence-electron chi connectivity index (χ1n) is 14.2. The molecule has 6 aromatic rings. The molecule has 0 atom stereocenters. The zero-order valence-corrected chi connectivity index (χ0v) is 24.1. The van der Waals surface area contributed by atoms with Crippen molar-refractivity contribution in [3.05, 3.63) is 120 Å². The summed E-state index contributed by atoms with van der Waals surface area (Å²) in [5.41, 5.74) is 10.5. The molecule has 0 fully saturated rings. The lowest BCUT2D eigenvalue weighted by molar-refractivity contribution is -0.916. The van der Waals surface area contributed by atoms with Gasteiger partial charge in [-0.25, -0.2) is 0 Å². The van der Waals surface area contributed by atoms with E-state index in [1.54, 1.807) is 14.2 Å². The van der Waals surface area contributed by atoms with E-state index in [0.717, 1.165) is 29.1 Å². The molecule has 3 nitrogen and oxygen atoms in total. The average Bonchev–Trinajstić information content (AvgIpc) is 3.13. The molecule has 0 bridgehead atoms. The minimum absolute atomic E-state index is 0.850. The van der Waals surface area contributed by atoms with Crippen LogP contribution in [-0.4, -0.2) is 32.8 Å². The van der Waals surface area contributed by atoms with E-state index in [1.165, 1.54) is 66.1 Å². The summed E-state index contributed by atoms with van der Waals surface area (Å²) in [6.45, 7) is 1.85. The van der Waals surface area contributed by atoms with Gasteiger partial charge in [0.05, 0.1) is 28.3 Å². The predicted octanol–water partition coefficient (Wildman–Crippen LogP) is 9.10. The molecule has 0 N–H and O–H groups in total. The van der Waals surface area contributed by atoms with E-state index in [2.05, 4.69) is 123 Å². The SMILES string of the molecule is COc1ccc(-c2cc3ccccc3c3c2C[N+](C)(C)Cc2c(-c4ccc(OC)cc4)cc4ccccc4c2-3)cc1. The molecule has 1 aliphatic heterocycles. The highest BCUT2D eigenvalue weighted by Gasteiger charge is 2.33. The van der Waals surface area contributed by atoms with Crippen molar-refractivity contribution < 1.29 is 14.0 Å². The Bertz CT molecular complexity index is 1780. The van der Waals surface area contributed by atoms with E-state index >= 15 is 0 Å². The van der Waals surface area contributed by atoms with Crippen LogP contribution in [0.2, 0.25) is 0 Å². The van der Waals surface area contributed by atoms with Gasteiger partial charge in [-0.15, -0.1) is 0 Å². The van der Waals surface area contributed by atoms with E-state index in [4.69, 9.17) is 9.47 Å². The summed E-state index contributed by atoms with van der Waals surface area (Å²) in [5.74, 6) is 1.74. The van der Waals surface area contributed by atoms with Gasteiger partial charge < -0.3 is 14.0 Å². The second kappa shape index (κ2) is 9.79. The Morgan fingerprint density at radius 2 is 0.902 bits per heavy atom. The molecule has 41 heavy (non-hydrogen) atoms. The number of fused-ring (bicyclic) bond motifs is 7. The van der Waals surface area contributed by atoms with Crippen molar-refractivity contribution in [1.29, 1.82) is 0 Å². The highest BCUT2D eigenvalue weighted by molar-refractivity contribution is 6.11. The van der Waals surface area contributed by atoms with Gasteiger partial charge in [0.2, 0.25) is 0 Å². The fourth-order valence-corrected chi connectivity index (χ4v) is 6.65. The Balaban J connectivity index is 1.64. The van der Waals surface area contributed by atoms with Crippen molar-refractivity contribution in [1.82, 2.24) is 0 Å². The van der Waals surface area contributed by atoms with Crippen molar-refractivity contribution in [2.24, 2.45) is 0 Å². The zero-order chi connectivity index (χ0) is 28.1. The first-order chi connectivity index (χ1) is 20.0. The molecule has 3 heteroatoms. The van der Waals surface area contributed by atoms with Crippen molar-refractivity contribution in [3.8, 4) is 44.9 Å². The topological polar surface area (TPSA) is 18.5 Å². The molecule has 202 valence electrons. The molecule has 0 radical (unpaired) electrons. The average molecular weight is 537 g/mol. The molecule has 6 aromatic carbocycles. The summed E-state index contributed by atoms with van der Waals surface area (Å²) in [7, 11) is 8.16. The summed E-state index contributed by atoms with van der Waals surface area (Å²) < 4.78 is 11.8. The number of hydrogen-bond donors (Lipinski definition) is 0. The standard InChI is InChI=1S/C38H34NO2/c1-39(2)23-35-33(25-13-17-29(40-3)18-14-25)21-27-9-5-7-11-31(27)37(35)38-32-12-8-6-10-28(32)22-34(36(38)24-39)26-15-19-30(41-4)20-16-26/h5-22H,23-24H2,1-4H3/q+1. The normalized spacial score (nSPS) is 13.9. The maximum absolute atomic E-state index is 5.49. The maximum Gasteiger partial charge on any atom is 0.118 e. The Hall–Kier alpha value is -4.60. The number of rotatable bonds is 4. The smallest absolute Gasteiger partial charge is 0.118 e. The molecule has 1 aliphatic rings. The van der Waals surface area contributed by atoms with Crippen LogP contribution in [0.5, 0.6) is 11.5 Å². The van der Waals surface area contributed by atoms with E-state index in [9.17, 15) is 0 Å². The van der Waals surface area contributed by atoms with Crippen LogP contribution in [0.4, 0.5) is 0 Å². The van der Waals surface area contributed by atoms with Crippen molar-refractivity contribution in [2.75, 3.05) is 28.3 Å². The highest BCUT2D eigenvalue weighted by Crippen LogP contribution is 2.49. The third kappa shape index (κ3) is 4.34. The Kier molecular flexibility index (Phi) is 6.06. The number of quaternary nitrogens is 1. The molecule has 0 saturated carbocycles. The first kappa shape index (κ1) is 25.4. The molecule has 7 rings (SSSR count). The van der Waals surface area contributed by atoms with Gasteiger partial charge in [-0.3, -0.25) is 0 Å². The lowest BCUT2D eigenvalue weighted by Gasteiger charge is -2.30. The van der Waals surface area contributed by atoms with Crippen LogP contribution >= 0.6 is 0 Å². The molecule has 0 aliphatic carbocycles. The second-order valence-electron chi connectivity index (χ2n) is 11.7. The monoisotopic (exact) mass is 536 g/mol. The number of methoxy groups -OCH3 is 2. The van der Waals surface area contributed by atoms with Gasteiger partial charge in [-0.05, 0) is 80.2 Å². The van der Waals surface area contributed by atoms with E-state index in [0.29, 0.717) is 0 Å². The molecular weight excluding hydrogens is 502 g/mol. The molecule has 0 unspecified atom stereocenters. The van der Waals surface area contributed by atoms with Crippen LogP contribution in [0.25, 0.3) is 54.9 Å². The van der Waals surface area contributed by atoms with Gasteiger partial charge in [0.15, 0.2) is 0 Å². The zero-order valence-electron chi connectivity index (χ0n) is 24.1. The third-order valence-corrected chi connectivity index (χ3v) is 8.54. The van der Waals surface area contributed by atoms with Crippen LogP contribution in [0.1, 0.15) is 11.1 Å². The van der Waals surface area contributed by atoms with Crippen LogP contribution < -0.4 is 9.47 Å². The van der Waals surface area contributed by atoms with Crippen LogP contribution in [0.15, 0.2) is 109 Å². The molecule has 0 amide bonds. The van der Waals surface area contributed by atoms with Crippen molar-refractivity contribution in [2.45, 2.75) is 13.1 Å². The summed E-state index contributed by atoms with van der Waals surface area (Å²) in [6.07, 6.45) is 0. The van der Waals surface area contributed by atoms with Crippen molar-refractivity contribution >= 4 is 21.5 Å². The van der Waals surface area contributed by atoms with Crippen molar-refractivity contribution in [3.63, 3.8) is 0 Å². The number of nitrogens with zero attached hydrogens (tertiary/aromatic N) is 1. The van der Waals surface area contributed by atoms with Gasteiger partial charge in [0.1, 0.15) is 24.6 Å². The molecule has 0 saturated heterocycles. The Labute approximate surface area is 241 Å². The fourth-order valence-electron chi connectivity index (χ4n) is 6.65. The molecular formula is C38H34NO2+. The highest BCUT2D eigenvalue weighted by atomic mass is 16.5.